The van der Waals surface area contributed by atoms with Crippen LogP contribution in [0, 0.1) is 0 Å². The average molecular weight is 342 g/mol. The summed E-state index contributed by atoms with van der Waals surface area (Å²) in [5.74, 6) is 1.57. The maximum Gasteiger partial charge on any atom is 0.319 e. The van der Waals surface area contributed by atoms with Crippen molar-refractivity contribution in [3.05, 3.63) is 54.1 Å². The molecule has 3 rings (SSSR count). The van der Waals surface area contributed by atoms with Crippen molar-refractivity contribution in [3.8, 4) is 11.5 Å². The molecule has 2 N–H and O–H groups in total. The number of para-hydroxylation sites is 1. The van der Waals surface area contributed by atoms with E-state index in [1.807, 2.05) is 36.4 Å². The number of benzene rings is 2. The molecule has 0 aliphatic carbocycles. The maximum absolute atomic E-state index is 12.3. The first-order valence-electron chi connectivity index (χ1n) is 8.27. The molecule has 1 aliphatic heterocycles. The first kappa shape index (κ1) is 17.1. The number of urea groups is 1. The highest BCUT2D eigenvalue weighted by atomic mass is 16.5. The van der Waals surface area contributed by atoms with Gasteiger partial charge in [0.15, 0.2) is 0 Å². The van der Waals surface area contributed by atoms with Gasteiger partial charge >= 0.3 is 6.03 Å². The Morgan fingerprint density at radius 2 is 1.96 bits per heavy atom. The van der Waals surface area contributed by atoms with Crippen molar-refractivity contribution in [3.63, 3.8) is 0 Å². The fraction of sp³-hybridized carbons (Fsp3) is 0.316. The van der Waals surface area contributed by atoms with E-state index in [4.69, 9.17) is 14.2 Å². The molecule has 6 nitrogen and oxygen atoms in total. The van der Waals surface area contributed by atoms with Gasteiger partial charge in [0.2, 0.25) is 0 Å². The Morgan fingerprint density at radius 3 is 2.76 bits per heavy atom. The largest absolute Gasteiger partial charge is 0.493 e. The summed E-state index contributed by atoms with van der Waals surface area (Å²) in [7, 11) is 1.63. The second kappa shape index (κ2) is 8.39. The first-order valence-corrected chi connectivity index (χ1v) is 8.27. The highest BCUT2D eigenvalue weighted by Crippen LogP contribution is 2.31. The van der Waals surface area contributed by atoms with Crippen LogP contribution in [-0.4, -0.2) is 33.0 Å². The van der Waals surface area contributed by atoms with Gasteiger partial charge in [-0.1, -0.05) is 18.2 Å². The Morgan fingerprint density at radius 1 is 1.16 bits per heavy atom. The van der Waals surface area contributed by atoms with Gasteiger partial charge in [-0.2, -0.15) is 0 Å². The van der Waals surface area contributed by atoms with Gasteiger partial charge in [-0.3, -0.25) is 0 Å². The van der Waals surface area contributed by atoms with Crippen LogP contribution in [0.15, 0.2) is 48.5 Å². The normalized spacial score (nSPS) is 15.6. The van der Waals surface area contributed by atoms with Crippen LogP contribution < -0.4 is 20.1 Å². The summed E-state index contributed by atoms with van der Waals surface area (Å²) >= 11 is 0. The van der Waals surface area contributed by atoms with Crippen molar-refractivity contribution in [1.29, 1.82) is 0 Å². The van der Waals surface area contributed by atoms with Crippen LogP contribution in [0.4, 0.5) is 10.5 Å². The summed E-state index contributed by atoms with van der Waals surface area (Å²) in [6.07, 6.45) is 0.747. The molecule has 25 heavy (non-hydrogen) atoms. The standard InChI is InChI=1S/C19H22N2O4/c1-23-12-13-24-15-8-6-14(7-9-15)20-19(22)21-17-10-11-25-18-5-3-2-4-16(17)18/h2-9,17H,10-13H2,1H3,(H2,20,21,22)/t17-/m1/s1. The van der Waals surface area contributed by atoms with Crippen LogP contribution >= 0.6 is 0 Å². The van der Waals surface area contributed by atoms with Crippen molar-refractivity contribution in [1.82, 2.24) is 5.32 Å². The van der Waals surface area contributed by atoms with Crippen molar-refractivity contribution in [2.75, 3.05) is 32.2 Å². The third-order valence-corrected chi connectivity index (χ3v) is 3.93. The molecule has 1 heterocycles. The van der Waals surface area contributed by atoms with Crippen LogP contribution in [0.2, 0.25) is 0 Å². The van der Waals surface area contributed by atoms with Gasteiger partial charge in [0.1, 0.15) is 18.1 Å². The van der Waals surface area contributed by atoms with Gasteiger partial charge in [-0.15, -0.1) is 0 Å². The summed E-state index contributed by atoms with van der Waals surface area (Å²) in [5.41, 5.74) is 1.71. The number of ether oxygens (including phenoxy) is 3. The molecule has 6 heteroatoms. The molecule has 132 valence electrons. The smallest absolute Gasteiger partial charge is 0.319 e. The summed E-state index contributed by atoms with van der Waals surface area (Å²) in [4.78, 5) is 12.3. The average Bonchev–Trinajstić information content (AvgIpc) is 2.64. The lowest BCUT2D eigenvalue weighted by Gasteiger charge is -2.26. The van der Waals surface area contributed by atoms with E-state index in [0.717, 1.165) is 23.5 Å². The molecule has 1 aliphatic rings. The van der Waals surface area contributed by atoms with Crippen LogP contribution in [0.25, 0.3) is 0 Å². The van der Waals surface area contributed by atoms with E-state index in [-0.39, 0.29) is 12.1 Å². The molecule has 0 unspecified atom stereocenters. The molecule has 0 spiro atoms. The van der Waals surface area contributed by atoms with Gasteiger partial charge in [0.05, 0.1) is 19.3 Å². The maximum atomic E-state index is 12.3. The molecule has 0 saturated heterocycles. The molecular formula is C19H22N2O4. The number of rotatable bonds is 6. The topological polar surface area (TPSA) is 68.8 Å². The molecule has 0 bridgehead atoms. The number of hydrogen-bond acceptors (Lipinski definition) is 4. The lowest BCUT2D eigenvalue weighted by molar-refractivity contribution is 0.146. The quantitative estimate of drug-likeness (QED) is 0.790. The number of fused-ring (bicyclic) bond motifs is 1. The Bertz CT molecular complexity index is 703. The summed E-state index contributed by atoms with van der Waals surface area (Å²) in [5, 5.41) is 5.85. The Labute approximate surface area is 147 Å². The van der Waals surface area contributed by atoms with E-state index in [1.54, 1.807) is 19.2 Å². The lowest BCUT2D eigenvalue weighted by Crippen LogP contribution is -2.35. The van der Waals surface area contributed by atoms with E-state index in [1.165, 1.54) is 0 Å². The molecule has 0 fully saturated rings. The van der Waals surface area contributed by atoms with E-state index in [2.05, 4.69) is 10.6 Å². The molecule has 2 aromatic rings. The molecule has 2 aromatic carbocycles. The predicted octanol–water partition coefficient (Wildman–Crippen LogP) is 3.36. The van der Waals surface area contributed by atoms with E-state index in [0.29, 0.717) is 25.5 Å². The monoisotopic (exact) mass is 342 g/mol. The van der Waals surface area contributed by atoms with Gasteiger partial charge in [0, 0.05) is 24.8 Å². The van der Waals surface area contributed by atoms with Crippen molar-refractivity contribution < 1.29 is 19.0 Å². The highest BCUT2D eigenvalue weighted by Gasteiger charge is 2.22. The van der Waals surface area contributed by atoms with Crippen LogP contribution in [-0.2, 0) is 4.74 Å². The first-order chi connectivity index (χ1) is 12.3. The zero-order chi connectivity index (χ0) is 17.5. The van der Waals surface area contributed by atoms with Crippen LogP contribution in [0.3, 0.4) is 0 Å². The number of amides is 2. The number of anilines is 1. The Hall–Kier alpha value is -2.73. The SMILES string of the molecule is COCCOc1ccc(NC(=O)N[C@@H]2CCOc3ccccc32)cc1. The van der Waals surface area contributed by atoms with Crippen molar-refractivity contribution in [2.45, 2.75) is 12.5 Å². The van der Waals surface area contributed by atoms with Crippen LogP contribution in [0.5, 0.6) is 11.5 Å². The predicted molar refractivity (Wildman–Crippen MR) is 95.3 cm³/mol. The second-order valence-electron chi connectivity index (χ2n) is 5.69. The number of carbonyl (C=O) groups excluding carboxylic acids is 1. The Balaban J connectivity index is 1.55. The van der Waals surface area contributed by atoms with Gasteiger partial charge in [-0.25, -0.2) is 4.79 Å². The van der Waals surface area contributed by atoms with Gasteiger partial charge in [-0.05, 0) is 30.3 Å². The molecule has 0 aromatic heterocycles. The third-order valence-electron chi connectivity index (χ3n) is 3.93. The number of hydrogen-bond donors (Lipinski definition) is 2. The van der Waals surface area contributed by atoms with E-state index in [9.17, 15) is 4.79 Å². The minimum atomic E-state index is -0.241. The molecule has 0 radical (unpaired) electrons. The minimum absolute atomic E-state index is 0.0541. The number of nitrogens with one attached hydrogen (secondary N) is 2. The molecule has 0 saturated carbocycles. The Kier molecular flexibility index (Phi) is 5.74. The van der Waals surface area contributed by atoms with Crippen molar-refractivity contribution >= 4 is 11.7 Å². The van der Waals surface area contributed by atoms with E-state index < -0.39 is 0 Å². The fourth-order valence-corrected chi connectivity index (χ4v) is 2.69. The van der Waals surface area contributed by atoms with E-state index >= 15 is 0 Å². The number of carbonyl (C=O) groups is 1. The van der Waals surface area contributed by atoms with Crippen molar-refractivity contribution in [2.24, 2.45) is 0 Å². The fourth-order valence-electron chi connectivity index (χ4n) is 2.69. The lowest BCUT2D eigenvalue weighted by atomic mass is 10.0. The van der Waals surface area contributed by atoms with Crippen LogP contribution in [0.1, 0.15) is 18.0 Å². The van der Waals surface area contributed by atoms with Gasteiger partial charge in [0.25, 0.3) is 0 Å². The zero-order valence-electron chi connectivity index (χ0n) is 14.2. The highest BCUT2D eigenvalue weighted by molar-refractivity contribution is 5.89. The molecule has 1 atom stereocenters. The zero-order valence-corrected chi connectivity index (χ0v) is 14.2. The minimum Gasteiger partial charge on any atom is -0.493 e. The summed E-state index contributed by atoms with van der Waals surface area (Å²) in [6, 6.07) is 14.7. The summed E-state index contributed by atoms with van der Waals surface area (Å²) < 4.78 is 16.1. The second-order valence-corrected chi connectivity index (χ2v) is 5.69. The third kappa shape index (κ3) is 4.64. The molecule has 2 amide bonds. The summed E-state index contributed by atoms with van der Waals surface area (Å²) in [6.45, 7) is 1.62. The molecular weight excluding hydrogens is 320 g/mol. The van der Waals surface area contributed by atoms with Gasteiger partial charge < -0.3 is 24.8 Å². The number of methoxy groups -OCH3 is 1.